The molecule has 1 N–H and O–H groups in total. The third kappa shape index (κ3) is 4.35. The van der Waals surface area contributed by atoms with Gasteiger partial charge in [0.05, 0.1) is 41.1 Å². The van der Waals surface area contributed by atoms with Crippen molar-refractivity contribution < 1.29 is 23.7 Å². The first-order valence-corrected chi connectivity index (χ1v) is 10.5. The maximum Gasteiger partial charge on any atom is 0.277 e. The van der Waals surface area contributed by atoms with Crippen molar-refractivity contribution in [2.24, 2.45) is 0 Å². The molecule has 2 aromatic carbocycles. The molecule has 3 aromatic rings. The molecule has 1 aliphatic heterocycles. The second-order valence-corrected chi connectivity index (χ2v) is 7.37. The van der Waals surface area contributed by atoms with Crippen molar-refractivity contribution >= 4 is 22.5 Å². The Bertz CT molecular complexity index is 1070. The molecular formula is C23H28N4O5. The summed E-state index contributed by atoms with van der Waals surface area (Å²) in [5, 5.41) is 8.31. The maximum absolute atomic E-state index is 13.3. The van der Waals surface area contributed by atoms with Gasteiger partial charge in [-0.1, -0.05) is 18.2 Å². The molecule has 1 saturated heterocycles. The third-order valence-corrected chi connectivity index (χ3v) is 5.57. The number of amides is 1. The smallest absolute Gasteiger partial charge is 0.277 e. The first-order chi connectivity index (χ1) is 15.7. The van der Waals surface area contributed by atoms with Crippen LogP contribution >= 0.6 is 0 Å². The molecule has 1 amide bonds. The quantitative estimate of drug-likeness (QED) is 0.576. The topological polar surface area (TPSA) is 87.1 Å². The van der Waals surface area contributed by atoms with E-state index in [-0.39, 0.29) is 5.91 Å². The Morgan fingerprint density at radius 3 is 2.25 bits per heavy atom. The number of rotatable bonds is 8. The summed E-state index contributed by atoms with van der Waals surface area (Å²) in [7, 11) is 4.71. The van der Waals surface area contributed by atoms with Crippen LogP contribution in [-0.2, 0) is 11.3 Å². The van der Waals surface area contributed by atoms with Crippen LogP contribution in [0.5, 0.6) is 17.2 Å². The van der Waals surface area contributed by atoms with Crippen molar-refractivity contribution in [1.82, 2.24) is 14.7 Å². The number of nitrogens with one attached hydrogen (secondary N) is 1. The molecule has 0 unspecified atom stereocenters. The number of aromatic nitrogens is 2. The van der Waals surface area contributed by atoms with Crippen LogP contribution in [0.4, 0.5) is 5.69 Å². The van der Waals surface area contributed by atoms with Gasteiger partial charge in [-0.2, -0.15) is 5.10 Å². The maximum atomic E-state index is 13.3. The molecule has 9 heteroatoms. The number of hydrogen-bond donors (Lipinski definition) is 1. The highest BCUT2D eigenvalue weighted by atomic mass is 16.5. The Morgan fingerprint density at radius 2 is 1.59 bits per heavy atom. The van der Waals surface area contributed by atoms with E-state index >= 15 is 0 Å². The number of para-hydroxylation sites is 2. The van der Waals surface area contributed by atoms with E-state index in [1.54, 1.807) is 39.5 Å². The Balaban J connectivity index is 1.67. The van der Waals surface area contributed by atoms with Gasteiger partial charge in [0, 0.05) is 25.0 Å². The van der Waals surface area contributed by atoms with Gasteiger partial charge in [0.15, 0.2) is 5.69 Å². The lowest BCUT2D eigenvalue weighted by Gasteiger charge is -2.26. The van der Waals surface area contributed by atoms with Crippen LogP contribution in [0, 0.1) is 0 Å². The highest BCUT2D eigenvalue weighted by molar-refractivity contribution is 6.13. The number of methoxy groups -OCH3 is 3. The minimum atomic E-state index is -0.351. The Hall–Kier alpha value is -3.30. The van der Waals surface area contributed by atoms with Crippen LogP contribution in [0.3, 0.4) is 0 Å². The summed E-state index contributed by atoms with van der Waals surface area (Å²) in [6, 6.07) is 10.9. The zero-order chi connectivity index (χ0) is 22.5. The molecule has 1 fully saturated rings. The predicted molar refractivity (Wildman–Crippen MR) is 121 cm³/mol. The first-order valence-electron chi connectivity index (χ1n) is 10.5. The number of ether oxygens (including phenoxy) is 4. The van der Waals surface area contributed by atoms with Crippen LogP contribution < -0.4 is 19.5 Å². The SMILES string of the molecule is COc1cccc(OC)c1NC(=O)c1nn(CCN2CCOCC2)c2c(OC)cccc12. The Labute approximate surface area is 186 Å². The standard InChI is InChI=1S/C23H28N4O5/c1-29-17-7-5-8-18(30-2)21(17)24-23(28)20-16-6-4-9-19(31-3)22(16)27(25-20)11-10-26-12-14-32-15-13-26/h4-9H,10-15H2,1-3H3,(H,24,28). The van der Waals surface area contributed by atoms with Gasteiger partial charge >= 0.3 is 0 Å². The van der Waals surface area contributed by atoms with Crippen LogP contribution in [0.1, 0.15) is 10.5 Å². The molecule has 1 aliphatic rings. The molecule has 0 saturated carbocycles. The van der Waals surface area contributed by atoms with Crippen molar-refractivity contribution in [3.63, 3.8) is 0 Å². The van der Waals surface area contributed by atoms with Crippen LogP contribution in [-0.4, -0.2) is 74.8 Å². The van der Waals surface area contributed by atoms with Gasteiger partial charge in [-0.15, -0.1) is 0 Å². The minimum Gasteiger partial charge on any atom is -0.494 e. The molecule has 0 spiro atoms. The summed E-state index contributed by atoms with van der Waals surface area (Å²) in [6.07, 6.45) is 0. The number of benzene rings is 2. The molecule has 0 atom stereocenters. The van der Waals surface area contributed by atoms with E-state index in [4.69, 9.17) is 18.9 Å². The number of carbonyl (C=O) groups excluding carboxylic acids is 1. The lowest BCUT2D eigenvalue weighted by molar-refractivity contribution is 0.0361. The van der Waals surface area contributed by atoms with Crippen molar-refractivity contribution in [3.05, 3.63) is 42.1 Å². The van der Waals surface area contributed by atoms with Crippen LogP contribution in [0.2, 0.25) is 0 Å². The largest absolute Gasteiger partial charge is 0.494 e. The average Bonchev–Trinajstić information content (AvgIpc) is 3.22. The van der Waals surface area contributed by atoms with Crippen molar-refractivity contribution in [2.45, 2.75) is 6.54 Å². The molecule has 4 rings (SSSR count). The highest BCUT2D eigenvalue weighted by Crippen LogP contribution is 2.35. The van der Waals surface area contributed by atoms with Crippen molar-refractivity contribution in [2.75, 3.05) is 59.5 Å². The summed E-state index contributed by atoms with van der Waals surface area (Å²) in [4.78, 5) is 15.6. The number of nitrogens with zero attached hydrogens (tertiary/aromatic N) is 3. The van der Waals surface area contributed by atoms with E-state index < -0.39 is 0 Å². The summed E-state index contributed by atoms with van der Waals surface area (Å²) >= 11 is 0. The fourth-order valence-corrected chi connectivity index (χ4v) is 3.91. The number of carbonyl (C=O) groups is 1. The fraction of sp³-hybridized carbons (Fsp3) is 0.391. The van der Waals surface area contributed by atoms with Crippen molar-refractivity contribution in [1.29, 1.82) is 0 Å². The van der Waals surface area contributed by atoms with E-state index in [2.05, 4.69) is 15.3 Å². The molecule has 9 nitrogen and oxygen atoms in total. The summed E-state index contributed by atoms with van der Waals surface area (Å²) in [5.41, 5.74) is 1.57. The van der Waals surface area contributed by atoms with E-state index in [9.17, 15) is 4.79 Å². The minimum absolute atomic E-state index is 0.314. The zero-order valence-electron chi connectivity index (χ0n) is 18.6. The second-order valence-electron chi connectivity index (χ2n) is 7.37. The van der Waals surface area contributed by atoms with Gasteiger partial charge in [0.1, 0.15) is 28.5 Å². The van der Waals surface area contributed by atoms with Crippen molar-refractivity contribution in [3.8, 4) is 17.2 Å². The molecule has 2 heterocycles. The predicted octanol–water partition coefficient (Wildman–Crippen LogP) is 2.65. The lowest BCUT2D eigenvalue weighted by Crippen LogP contribution is -2.38. The average molecular weight is 441 g/mol. The molecule has 32 heavy (non-hydrogen) atoms. The Kier molecular flexibility index (Phi) is 6.77. The van der Waals surface area contributed by atoms with E-state index in [0.717, 1.165) is 43.8 Å². The van der Waals surface area contributed by atoms with E-state index in [0.29, 0.717) is 35.2 Å². The van der Waals surface area contributed by atoms with Gasteiger partial charge in [-0.25, -0.2) is 0 Å². The highest BCUT2D eigenvalue weighted by Gasteiger charge is 2.23. The Morgan fingerprint density at radius 1 is 0.969 bits per heavy atom. The number of fused-ring (bicyclic) bond motifs is 1. The van der Waals surface area contributed by atoms with Gasteiger partial charge in [0.2, 0.25) is 0 Å². The van der Waals surface area contributed by atoms with E-state index in [1.165, 1.54) is 0 Å². The van der Waals surface area contributed by atoms with E-state index in [1.807, 2.05) is 22.9 Å². The first kappa shape index (κ1) is 21.9. The monoisotopic (exact) mass is 440 g/mol. The molecule has 0 bridgehead atoms. The van der Waals surface area contributed by atoms with Gasteiger partial charge in [-0.3, -0.25) is 14.4 Å². The summed E-state index contributed by atoms with van der Waals surface area (Å²) in [6.45, 7) is 4.67. The number of anilines is 1. The molecule has 0 aliphatic carbocycles. The van der Waals surface area contributed by atoms with Gasteiger partial charge < -0.3 is 24.3 Å². The molecular weight excluding hydrogens is 412 g/mol. The molecule has 170 valence electrons. The van der Waals surface area contributed by atoms with Crippen LogP contribution in [0.25, 0.3) is 10.9 Å². The molecule has 0 radical (unpaired) electrons. The fourth-order valence-electron chi connectivity index (χ4n) is 3.91. The summed E-state index contributed by atoms with van der Waals surface area (Å²) < 4.78 is 23.7. The number of morpholine rings is 1. The zero-order valence-corrected chi connectivity index (χ0v) is 18.6. The molecule has 1 aromatic heterocycles. The normalized spacial score (nSPS) is 14.3. The van der Waals surface area contributed by atoms with Gasteiger partial charge in [-0.05, 0) is 18.2 Å². The summed E-state index contributed by atoms with van der Waals surface area (Å²) in [5.74, 6) is 1.33. The second kappa shape index (κ2) is 9.88. The van der Waals surface area contributed by atoms with Gasteiger partial charge in [0.25, 0.3) is 5.91 Å². The number of hydrogen-bond acceptors (Lipinski definition) is 7. The van der Waals surface area contributed by atoms with Crippen LogP contribution in [0.15, 0.2) is 36.4 Å². The lowest BCUT2D eigenvalue weighted by atomic mass is 10.1. The third-order valence-electron chi connectivity index (χ3n) is 5.57.